The van der Waals surface area contributed by atoms with E-state index in [2.05, 4.69) is 48.3 Å². The molecule has 3 nitrogen and oxygen atoms in total. The summed E-state index contributed by atoms with van der Waals surface area (Å²) in [6, 6.07) is 10.4. The van der Waals surface area contributed by atoms with Gasteiger partial charge >= 0.3 is 0 Å². The van der Waals surface area contributed by atoms with Crippen LogP contribution in [0, 0.1) is 5.92 Å². The van der Waals surface area contributed by atoms with Crippen molar-refractivity contribution in [1.29, 1.82) is 0 Å². The molecule has 2 N–H and O–H groups in total. The van der Waals surface area contributed by atoms with Crippen LogP contribution >= 0.6 is 0 Å². The average Bonchev–Trinajstić information content (AvgIpc) is 3.35. The molecule has 2 rings (SSSR count). The Kier molecular flexibility index (Phi) is 6.22. The number of aliphatic hydroxyl groups is 1. The van der Waals surface area contributed by atoms with Crippen LogP contribution in [0.5, 0.6) is 0 Å². The Hall–Kier alpha value is -0.900. The number of likely N-dealkylation sites (N-methyl/N-ethyl adjacent to an activating group) is 1. The minimum Gasteiger partial charge on any atom is -0.394 e. The minimum atomic E-state index is -0.345. The molecule has 1 aromatic rings. The van der Waals surface area contributed by atoms with Crippen molar-refractivity contribution in [2.75, 3.05) is 32.8 Å². The normalized spacial score (nSPS) is 17.9. The molecule has 0 saturated heterocycles. The topological polar surface area (TPSA) is 35.5 Å². The predicted molar refractivity (Wildman–Crippen MR) is 88.3 cm³/mol. The molecule has 1 aliphatic rings. The maximum absolute atomic E-state index is 10.2. The molecule has 3 heteroatoms. The second-order valence-corrected chi connectivity index (χ2v) is 6.30. The first-order valence-corrected chi connectivity index (χ1v) is 8.38. The molecule has 1 unspecified atom stereocenters. The summed E-state index contributed by atoms with van der Waals surface area (Å²) in [5.41, 5.74) is 0.845. The highest BCUT2D eigenvalue weighted by Gasteiger charge is 2.34. The number of benzene rings is 1. The van der Waals surface area contributed by atoms with Gasteiger partial charge in [-0.3, -0.25) is 0 Å². The SMILES string of the molecule is CCCNC(CO)(CN(CC)CC1CC1)c1ccccc1. The van der Waals surface area contributed by atoms with E-state index in [1.165, 1.54) is 24.9 Å². The zero-order valence-electron chi connectivity index (χ0n) is 13.5. The van der Waals surface area contributed by atoms with Crippen LogP contribution < -0.4 is 5.32 Å². The Bertz CT molecular complexity index is 405. The third-order valence-electron chi connectivity index (χ3n) is 4.46. The van der Waals surface area contributed by atoms with Crippen molar-refractivity contribution in [3.8, 4) is 0 Å². The van der Waals surface area contributed by atoms with E-state index in [4.69, 9.17) is 0 Å². The molecule has 1 aliphatic carbocycles. The van der Waals surface area contributed by atoms with Gasteiger partial charge in [-0.1, -0.05) is 44.2 Å². The summed E-state index contributed by atoms with van der Waals surface area (Å²) in [6.07, 6.45) is 3.82. The largest absolute Gasteiger partial charge is 0.394 e. The van der Waals surface area contributed by atoms with Crippen LogP contribution in [0.25, 0.3) is 0 Å². The fourth-order valence-electron chi connectivity index (χ4n) is 2.92. The Labute approximate surface area is 129 Å². The molecule has 0 spiro atoms. The molecule has 1 saturated carbocycles. The molecule has 21 heavy (non-hydrogen) atoms. The first kappa shape index (κ1) is 16.5. The van der Waals surface area contributed by atoms with Gasteiger partial charge in [0.1, 0.15) is 0 Å². The lowest BCUT2D eigenvalue weighted by Crippen LogP contribution is -2.54. The van der Waals surface area contributed by atoms with E-state index in [0.29, 0.717) is 0 Å². The Morgan fingerprint density at radius 3 is 2.48 bits per heavy atom. The van der Waals surface area contributed by atoms with E-state index in [0.717, 1.165) is 32.0 Å². The van der Waals surface area contributed by atoms with Crippen molar-refractivity contribution in [2.45, 2.75) is 38.6 Å². The van der Waals surface area contributed by atoms with Crippen LogP contribution in [0.2, 0.25) is 0 Å². The van der Waals surface area contributed by atoms with Gasteiger partial charge in [0.2, 0.25) is 0 Å². The van der Waals surface area contributed by atoms with E-state index >= 15 is 0 Å². The first-order valence-electron chi connectivity index (χ1n) is 8.38. The molecule has 1 atom stereocenters. The summed E-state index contributed by atoms with van der Waals surface area (Å²) in [4.78, 5) is 2.49. The van der Waals surface area contributed by atoms with Crippen molar-refractivity contribution in [3.05, 3.63) is 35.9 Å². The third kappa shape index (κ3) is 4.53. The molecule has 0 bridgehead atoms. The lowest BCUT2D eigenvalue weighted by molar-refractivity contribution is 0.106. The fourth-order valence-corrected chi connectivity index (χ4v) is 2.92. The highest BCUT2D eigenvalue weighted by Crippen LogP contribution is 2.31. The molecule has 0 aliphatic heterocycles. The smallest absolute Gasteiger partial charge is 0.0797 e. The van der Waals surface area contributed by atoms with E-state index in [1.54, 1.807) is 0 Å². The van der Waals surface area contributed by atoms with Gasteiger partial charge in [-0.15, -0.1) is 0 Å². The van der Waals surface area contributed by atoms with E-state index in [9.17, 15) is 5.11 Å². The standard InChI is InChI=1S/C18H30N2O/c1-3-12-19-18(15-21,17-8-6-5-7-9-17)14-20(4-2)13-16-10-11-16/h5-9,16,19,21H,3-4,10-15H2,1-2H3. The van der Waals surface area contributed by atoms with Gasteiger partial charge in [0.15, 0.2) is 0 Å². The van der Waals surface area contributed by atoms with Gasteiger partial charge in [-0.25, -0.2) is 0 Å². The lowest BCUT2D eigenvalue weighted by atomic mass is 9.89. The quantitative estimate of drug-likeness (QED) is 0.695. The Balaban J connectivity index is 2.16. The van der Waals surface area contributed by atoms with Crippen molar-refractivity contribution < 1.29 is 5.11 Å². The van der Waals surface area contributed by atoms with Gasteiger partial charge in [0, 0.05) is 13.1 Å². The number of nitrogens with one attached hydrogen (secondary N) is 1. The monoisotopic (exact) mass is 290 g/mol. The zero-order chi connectivity index (χ0) is 15.1. The van der Waals surface area contributed by atoms with Crippen molar-refractivity contribution in [3.63, 3.8) is 0 Å². The maximum atomic E-state index is 10.2. The van der Waals surface area contributed by atoms with Crippen LogP contribution in [0.15, 0.2) is 30.3 Å². The molecule has 0 heterocycles. The van der Waals surface area contributed by atoms with Crippen LogP contribution in [0.4, 0.5) is 0 Å². The van der Waals surface area contributed by atoms with Crippen LogP contribution in [-0.2, 0) is 5.54 Å². The number of rotatable bonds is 10. The van der Waals surface area contributed by atoms with Gasteiger partial charge < -0.3 is 15.3 Å². The highest BCUT2D eigenvalue weighted by atomic mass is 16.3. The molecule has 1 aromatic carbocycles. The van der Waals surface area contributed by atoms with Crippen molar-refractivity contribution in [1.82, 2.24) is 10.2 Å². The summed E-state index contributed by atoms with van der Waals surface area (Å²) in [5.74, 6) is 0.878. The van der Waals surface area contributed by atoms with Crippen LogP contribution in [0.3, 0.4) is 0 Å². The molecular formula is C18H30N2O. The summed E-state index contributed by atoms with van der Waals surface area (Å²) < 4.78 is 0. The molecular weight excluding hydrogens is 260 g/mol. The van der Waals surface area contributed by atoms with Gasteiger partial charge in [-0.05, 0) is 43.8 Å². The van der Waals surface area contributed by atoms with Crippen LogP contribution in [0.1, 0.15) is 38.7 Å². The van der Waals surface area contributed by atoms with Gasteiger partial charge in [0.05, 0.1) is 12.1 Å². The number of hydrogen-bond acceptors (Lipinski definition) is 3. The fraction of sp³-hybridized carbons (Fsp3) is 0.667. The molecule has 0 amide bonds. The Morgan fingerprint density at radius 2 is 1.95 bits per heavy atom. The lowest BCUT2D eigenvalue weighted by Gasteiger charge is -2.38. The number of nitrogens with zero attached hydrogens (tertiary/aromatic N) is 1. The highest BCUT2D eigenvalue weighted by molar-refractivity contribution is 5.25. The van der Waals surface area contributed by atoms with Crippen molar-refractivity contribution in [2.24, 2.45) is 5.92 Å². The molecule has 0 radical (unpaired) electrons. The second-order valence-electron chi connectivity index (χ2n) is 6.30. The van der Waals surface area contributed by atoms with E-state index in [1.807, 2.05) is 6.07 Å². The first-order chi connectivity index (χ1) is 10.2. The van der Waals surface area contributed by atoms with Crippen molar-refractivity contribution >= 4 is 0 Å². The zero-order valence-corrected chi connectivity index (χ0v) is 13.5. The Morgan fingerprint density at radius 1 is 1.24 bits per heavy atom. The van der Waals surface area contributed by atoms with E-state index in [-0.39, 0.29) is 12.1 Å². The number of aliphatic hydroxyl groups excluding tert-OH is 1. The molecule has 1 fully saturated rings. The minimum absolute atomic E-state index is 0.137. The molecule has 118 valence electrons. The second kappa shape index (κ2) is 7.92. The molecule has 0 aromatic heterocycles. The number of hydrogen-bond donors (Lipinski definition) is 2. The third-order valence-corrected chi connectivity index (χ3v) is 4.46. The predicted octanol–water partition coefficient (Wildman–Crippen LogP) is 2.61. The van der Waals surface area contributed by atoms with E-state index < -0.39 is 0 Å². The van der Waals surface area contributed by atoms with Gasteiger partial charge in [0.25, 0.3) is 0 Å². The summed E-state index contributed by atoms with van der Waals surface area (Å²) in [6.45, 7) is 8.53. The average molecular weight is 290 g/mol. The summed E-state index contributed by atoms with van der Waals surface area (Å²) in [7, 11) is 0. The van der Waals surface area contributed by atoms with Gasteiger partial charge in [-0.2, -0.15) is 0 Å². The maximum Gasteiger partial charge on any atom is 0.0797 e. The summed E-state index contributed by atoms with van der Waals surface area (Å²) >= 11 is 0. The van der Waals surface area contributed by atoms with Crippen LogP contribution in [-0.4, -0.2) is 42.8 Å². The summed E-state index contributed by atoms with van der Waals surface area (Å²) in [5, 5.41) is 13.8.